The maximum Gasteiger partial charge on any atom is 0.415 e. The summed E-state index contributed by atoms with van der Waals surface area (Å²) >= 11 is 0. The van der Waals surface area contributed by atoms with Gasteiger partial charge in [-0.05, 0) is 27.2 Å². The third kappa shape index (κ3) is 3.08. The van der Waals surface area contributed by atoms with Crippen LogP contribution in [-0.2, 0) is 9.53 Å². The number of ketones is 1. The summed E-state index contributed by atoms with van der Waals surface area (Å²) in [5, 5.41) is 0. The summed E-state index contributed by atoms with van der Waals surface area (Å²) < 4.78 is 5.23. The fourth-order valence-electron chi connectivity index (χ4n) is 1.55. The highest BCUT2D eigenvalue weighted by Gasteiger charge is 2.32. The van der Waals surface area contributed by atoms with Gasteiger partial charge in [0.2, 0.25) is 0 Å². The van der Waals surface area contributed by atoms with Gasteiger partial charge >= 0.3 is 6.09 Å². The maximum absolute atomic E-state index is 11.8. The second-order valence-electron chi connectivity index (χ2n) is 4.84. The molecule has 1 rings (SSSR count). The third-order valence-corrected chi connectivity index (χ3v) is 2.29. The van der Waals surface area contributed by atoms with E-state index in [1.54, 1.807) is 33.9 Å². The number of hydrogen-bond acceptors (Lipinski definition) is 3. The van der Waals surface area contributed by atoms with Crippen LogP contribution in [0.1, 0.15) is 40.5 Å². The van der Waals surface area contributed by atoms with E-state index in [1.807, 2.05) is 6.08 Å². The first-order valence-electron chi connectivity index (χ1n) is 5.56. The summed E-state index contributed by atoms with van der Waals surface area (Å²) in [6.07, 6.45) is 4.03. The number of nitrogens with zero attached hydrogens (tertiary/aromatic N) is 1. The standard InChI is InChI=1S/C12H19NO3/c1-5-10(14)9-7-6-8-13(9)11(15)16-12(2,3)4/h6,8-9H,5,7H2,1-4H3/t9-/m0/s1. The number of carbonyl (C=O) groups is 2. The molecule has 90 valence electrons. The number of amides is 1. The van der Waals surface area contributed by atoms with Gasteiger partial charge in [-0.25, -0.2) is 4.79 Å². The first-order valence-corrected chi connectivity index (χ1v) is 5.56. The van der Waals surface area contributed by atoms with Crippen LogP contribution in [-0.4, -0.2) is 28.4 Å². The molecule has 0 bridgehead atoms. The molecule has 1 aliphatic heterocycles. The smallest absolute Gasteiger partial charge is 0.415 e. The summed E-state index contributed by atoms with van der Waals surface area (Å²) in [6, 6.07) is -0.375. The van der Waals surface area contributed by atoms with Crippen molar-refractivity contribution < 1.29 is 14.3 Å². The van der Waals surface area contributed by atoms with Crippen LogP contribution in [0.3, 0.4) is 0 Å². The highest BCUT2D eigenvalue weighted by molar-refractivity contribution is 5.88. The van der Waals surface area contributed by atoms with Crippen LogP contribution in [0.5, 0.6) is 0 Å². The van der Waals surface area contributed by atoms with Crippen LogP contribution in [0.4, 0.5) is 4.79 Å². The Kier molecular flexibility index (Phi) is 3.73. The van der Waals surface area contributed by atoms with Gasteiger partial charge < -0.3 is 4.74 Å². The van der Waals surface area contributed by atoms with Crippen molar-refractivity contribution in [3.05, 3.63) is 12.3 Å². The Balaban J connectivity index is 2.68. The average molecular weight is 225 g/mol. The molecule has 1 heterocycles. The summed E-state index contributed by atoms with van der Waals surface area (Å²) in [5.74, 6) is 0.0656. The largest absolute Gasteiger partial charge is 0.443 e. The van der Waals surface area contributed by atoms with Gasteiger partial charge in [0.15, 0.2) is 5.78 Å². The molecule has 1 aliphatic rings. The van der Waals surface area contributed by atoms with Crippen LogP contribution in [0.25, 0.3) is 0 Å². The van der Waals surface area contributed by atoms with Gasteiger partial charge in [-0.1, -0.05) is 13.0 Å². The van der Waals surface area contributed by atoms with Crippen LogP contribution >= 0.6 is 0 Å². The zero-order valence-corrected chi connectivity index (χ0v) is 10.3. The van der Waals surface area contributed by atoms with Crippen LogP contribution in [0.2, 0.25) is 0 Å². The normalized spacial score (nSPS) is 20.0. The molecule has 0 aromatic rings. The lowest BCUT2D eigenvalue weighted by Crippen LogP contribution is -2.41. The molecule has 0 aromatic heterocycles. The molecule has 0 aromatic carbocycles. The maximum atomic E-state index is 11.8. The van der Waals surface area contributed by atoms with E-state index in [2.05, 4.69) is 0 Å². The molecule has 0 N–H and O–H groups in total. The molecule has 0 fully saturated rings. The summed E-state index contributed by atoms with van der Waals surface area (Å²) in [5.41, 5.74) is -0.534. The highest BCUT2D eigenvalue weighted by atomic mass is 16.6. The van der Waals surface area contributed by atoms with Crippen molar-refractivity contribution in [3.63, 3.8) is 0 Å². The molecule has 0 saturated carbocycles. The monoisotopic (exact) mass is 225 g/mol. The van der Waals surface area contributed by atoms with Gasteiger partial charge in [0.1, 0.15) is 11.6 Å². The fourth-order valence-corrected chi connectivity index (χ4v) is 1.55. The third-order valence-electron chi connectivity index (χ3n) is 2.29. The Labute approximate surface area is 96.3 Å². The molecule has 4 nitrogen and oxygen atoms in total. The molecule has 1 amide bonds. The molecule has 16 heavy (non-hydrogen) atoms. The van der Waals surface area contributed by atoms with Crippen LogP contribution < -0.4 is 0 Å². The molecular formula is C12H19NO3. The number of carbonyl (C=O) groups excluding carboxylic acids is 2. The lowest BCUT2D eigenvalue weighted by atomic mass is 10.1. The van der Waals surface area contributed by atoms with Gasteiger partial charge in [-0.2, -0.15) is 0 Å². The van der Waals surface area contributed by atoms with Crippen molar-refractivity contribution in [1.82, 2.24) is 4.90 Å². The number of Topliss-reactive ketones (excluding diaryl/α,β-unsaturated/α-hetero) is 1. The molecule has 4 heteroatoms. The minimum absolute atomic E-state index is 0.0656. The van der Waals surface area contributed by atoms with E-state index in [4.69, 9.17) is 4.74 Å². The van der Waals surface area contributed by atoms with E-state index in [-0.39, 0.29) is 11.8 Å². The molecule has 0 saturated heterocycles. The van der Waals surface area contributed by atoms with Crippen molar-refractivity contribution in [1.29, 1.82) is 0 Å². The molecule has 0 radical (unpaired) electrons. The molecular weight excluding hydrogens is 206 g/mol. The van der Waals surface area contributed by atoms with Gasteiger partial charge in [-0.3, -0.25) is 9.69 Å². The Bertz CT molecular complexity index is 315. The van der Waals surface area contributed by atoms with E-state index in [0.29, 0.717) is 12.8 Å². The van der Waals surface area contributed by atoms with Crippen LogP contribution in [0.15, 0.2) is 12.3 Å². The second kappa shape index (κ2) is 4.68. The van der Waals surface area contributed by atoms with Gasteiger partial charge in [0.05, 0.1) is 0 Å². The Morgan fingerprint density at radius 1 is 1.44 bits per heavy atom. The van der Waals surface area contributed by atoms with Gasteiger partial charge in [-0.15, -0.1) is 0 Å². The van der Waals surface area contributed by atoms with Gasteiger partial charge in [0, 0.05) is 12.6 Å². The van der Waals surface area contributed by atoms with E-state index in [0.717, 1.165) is 0 Å². The van der Waals surface area contributed by atoms with E-state index >= 15 is 0 Å². The van der Waals surface area contributed by atoms with Crippen molar-refractivity contribution in [2.75, 3.05) is 0 Å². The van der Waals surface area contributed by atoms with Crippen molar-refractivity contribution >= 4 is 11.9 Å². The van der Waals surface area contributed by atoms with Crippen LogP contribution in [0, 0.1) is 0 Å². The van der Waals surface area contributed by atoms with E-state index in [1.165, 1.54) is 4.90 Å². The first kappa shape index (κ1) is 12.7. The quantitative estimate of drug-likeness (QED) is 0.725. The summed E-state index contributed by atoms with van der Waals surface area (Å²) in [6.45, 7) is 7.22. The highest BCUT2D eigenvalue weighted by Crippen LogP contribution is 2.20. The number of hydrogen-bond donors (Lipinski definition) is 0. The lowest BCUT2D eigenvalue weighted by Gasteiger charge is -2.27. The number of ether oxygens (including phenoxy) is 1. The molecule has 0 unspecified atom stereocenters. The number of rotatable bonds is 2. The zero-order valence-electron chi connectivity index (χ0n) is 10.3. The van der Waals surface area contributed by atoms with Crippen molar-refractivity contribution in [2.45, 2.75) is 52.2 Å². The Morgan fingerprint density at radius 3 is 2.56 bits per heavy atom. The summed E-state index contributed by atoms with van der Waals surface area (Å²) in [7, 11) is 0. The van der Waals surface area contributed by atoms with E-state index in [9.17, 15) is 9.59 Å². The fraction of sp³-hybridized carbons (Fsp3) is 0.667. The predicted molar refractivity (Wildman–Crippen MR) is 60.9 cm³/mol. The lowest BCUT2D eigenvalue weighted by molar-refractivity contribution is -0.122. The molecule has 0 spiro atoms. The minimum atomic E-state index is -0.534. The summed E-state index contributed by atoms with van der Waals surface area (Å²) in [4.78, 5) is 24.8. The molecule has 1 atom stereocenters. The topological polar surface area (TPSA) is 46.6 Å². The predicted octanol–water partition coefficient (Wildman–Crippen LogP) is 2.49. The van der Waals surface area contributed by atoms with Crippen molar-refractivity contribution in [2.24, 2.45) is 0 Å². The second-order valence-corrected chi connectivity index (χ2v) is 4.84. The molecule has 0 aliphatic carbocycles. The van der Waals surface area contributed by atoms with Crippen molar-refractivity contribution in [3.8, 4) is 0 Å². The Hall–Kier alpha value is -1.32. The SMILES string of the molecule is CCC(=O)[C@@H]1CC=CN1C(=O)OC(C)(C)C. The Morgan fingerprint density at radius 2 is 2.06 bits per heavy atom. The van der Waals surface area contributed by atoms with E-state index < -0.39 is 11.7 Å². The zero-order chi connectivity index (χ0) is 12.3. The first-order chi connectivity index (χ1) is 7.35. The average Bonchev–Trinajstić information content (AvgIpc) is 2.62. The minimum Gasteiger partial charge on any atom is -0.443 e. The van der Waals surface area contributed by atoms with Gasteiger partial charge in [0.25, 0.3) is 0 Å².